The molecule has 2 aromatic carbocycles. The molecule has 1 aliphatic carbocycles. The van der Waals surface area contributed by atoms with E-state index in [1.807, 2.05) is 79.4 Å². The zero-order chi connectivity index (χ0) is 28.1. The fourth-order valence-corrected chi connectivity index (χ4v) is 5.26. The van der Waals surface area contributed by atoms with Gasteiger partial charge in [0.25, 0.3) is 0 Å². The third kappa shape index (κ3) is 8.28. The van der Waals surface area contributed by atoms with Crippen molar-refractivity contribution >= 4 is 11.8 Å². The molecular formula is C32H43N3O4. The lowest BCUT2D eigenvalue weighted by molar-refractivity contribution is -0.132. The van der Waals surface area contributed by atoms with Gasteiger partial charge in [0.1, 0.15) is 12.4 Å². The van der Waals surface area contributed by atoms with Gasteiger partial charge in [0.15, 0.2) is 0 Å². The van der Waals surface area contributed by atoms with Crippen molar-refractivity contribution in [3.05, 3.63) is 90.0 Å². The highest BCUT2D eigenvalue weighted by Crippen LogP contribution is 2.43. The van der Waals surface area contributed by atoms with Crippen LogP contribution in [-0.4, -0.2) is 60.7 Å². The molecule has 0 bridgehead atoms. The summed E-state index contributed by atoms with van der Waals surface area (Å²) in [5.74, 6) is -0.371. The van der Waals surface area contributed by atoms with Crippen LogP contribution in [0.5, 0.6) is 5.75 Å². The van der Waals surface area contributed by atoms with Crippen LogP contribution in [0.25, 0.3) is 0 Å². The number of benzene rings is 2. The number of allylic oxidation sites excluding steroid dienone is 2. The van der Waals surface area contributed by atoms with E-state index in [1.165, 1.54) is 0 Å². The van der Waals surface area contributed by atoms with E-state index in [1.54, 1.807) is 18.2 Å². The number of aliphatic hydroxyl groups is 1. The molecule has 0 aromatic heterocycles. The van der Waals surface area contributed by atoms with Crippen LogP contribution in [0.4, 0.5) is 0 Å². The van der Waals surface area contributed by atoms with E-state index in [2.05, 4.69) is 5.32 Å². The van der Waals surface area contributed by atoms with Crippen LogP contribution in [0.15, 0.2) is 84.5 Å². The highest BCUT2D eigenvalue weighted by atomic mass is 16.5. The van der Waals surface area contributed by atoms with E-state index >= 15 is 0 Å². The first-order valence-corrected chi connectivity index (χ1v) is 14.0. The van der Waals surface area contributed by atoms with Crippen molar-refractivity contribution in [1.29, 1.82) is 0 Å². The number of nitrogens with two attached hydrogens (primary N) is 1. The molecule has 1 unspecified atom stereocenters. The molecule has 0 radical (unpaired) electrons. The van der Waals surface area contributed by atoms with Crippen LogP contribution >= 0.6 is 0 Å². The Hall–Kier alpha value is -3.42. The molecular weight excluding hydrogens is 490 g/mol. The highest BCUT2D eigenvalue weighted by molar-refractivity contribution is 5.96. The monoisotopic (exact) mass is 533 g/mol. The minimum atomic E-state index is -1.21. The molecule has 0 heterocycles. The van der Waals surface area contributed by atoms with Crippen LogP contribution < -0.4 is 15.8 Å². The summed E-state index contributed by atoms with van der Waals surface area (Å²) in [5.41, 5.74) is 6.43. The van der Waals surface area contributed by atoms with Gasteiger partial charge in [-0.25, -0.2) is 0 Å². The Morgan fingerprint density at radius 2 is 1.69 bits per heavy atom. The van der Waals surface area contributed by atoms with Crippen LogP contribution in [0.3, 0.4) is 0 Å². The number of carbonyl (C=O) groups excluding carboxylic acids is 2. The first-order chi connectivity index (χ1) is 18.9. The standard InChI is InChI=1S/C32H43N3O4/c1-3-19-35(20-4-2)30(37)26-14-11-17-32(23-26,31(33)38)28(22-25-12-7-5-8-13-25)29(36)24-34-18-21-39-27-15-9-6-10-16-27/h5-17,28-29,34,36H,3-4,18-24H2,1-2H3,(H2,33,38)/t28-,29+,32?/m1/s1. The van der Waals surface area contributed by atoms with Gasteiger partial charge in [-0.3, -0.25) is 9.59 Å². The summed E-state index contributed by atoms with van der Waals surface area (Å²) < 4.78 is 5.74. The number of nitrogens with one attached hydrogen (secondary N) is 1. The second-order valence-corrected chi connectivity index (χ2v) is 10.2. The molecule has 39 heavy (non-hydrogen) atoms. The van der Waals surface area contributed by atoms with Crippen LogP contribution in [0.1, 0.15) is 38.7 Å². The maximum Gasteiger partial charge on any atom is 0.249 e. The fraction of sp³-hybridized carbons (Fsp3) is 0.438. The van der Waals surface area contributed by atoms with Crippen LogP contribution in [-0.2, 0) is 16.0 Å². The van der Waals surface area contributed by atoms with Gasteiger partial charge >= 0.3 is 0 Å². The van der Waals surface area contributed by atoms with Gasteiger partial charge in [-0.15, -0.1) is 0 Å². The average Bonchev–Trinajstić information content (AvgIpc) is 2.96. The van der Waals surface area contributed by atoms with E-state index in [-0.39, 0.29) is 18.9 Å². The number of amides is 2. The molecule has 0 saturated heterocycles. The first-order valence-electron chi connectivity index (χ1n) is 14.0. The third-order valence-electron chi connectivity index (χ3n) is 7.25. The summed E-state index contributed by atoms with van der Waals surface area (Å²) in [6.07, 6.45) is 6.73. The number of carbonyl (C=O) groups is 2. The average molecular weight is 534 g/mol. The van der Waals surface area contributed by atoms with E-state index < -0.39 is 23.3 Å². The lowest BCUT2D eigenvalue weighted by atomic mass is 9.64. The Balaban J connectivity index is 1.78. The number of hydrogen-bond acceptors (Lipinski definition) is 5. The Kier molecular flexibility index (Phi) is 11.8. The number of ether oxygens (including phenoxy) is 1. The van der Waals surface area contributed by atoms with E-state index in [4.69, 9.17) is 10.5 Å². The maximum atomic E-state index is 13.5. The maximum absolute atomic E-state index is 13.5. The van der Waals surface area contributed by atoms with Crippen molar-refractivity contribution < 1.29 is 19.4 Å². The Labute approximate surface area is 232 Å². The number of para-hydroxylation sites is 1. The Bertz CT molecular complexity index is 1100. The van der Waals surface area contributed by atoms with Gasteiger partial charge in [0, 0.05) is 37.7 Å². The van der Waals surface area contributed by atoms with Crippen molar-refractivity contribution in [3.63, 3.8) is 0 Å². The molecule has 1 aliphatic rings. The van der Waals surface area contributed by atoms with Crippen molar-refractivity contribution in [3.8, 4) is 5.75 Å². The number of nitrogens with zero attached hydrogens (tertiary/aromatic N) is 1. The van der Waals surface area contributed by atoms with Gasteiger partial charge < -0.3 is 25.8 Å². The lowest BCUT2D eigenvalue weighted by Crippen LogP contribution is -2.51. The van der Waals surface area contributed by atoms with Gasteiger partial charge in [0.05, 0.1) is 11.5 Å². The minimum absolute atomic E-state index is 0.0715. The van der Waals surface area contributed by atoms with E-state index in [9.17, 15) is 14.7 Å². The second kappa shape index (κ2) is 15.2. The molecule has 0 saturated carbocycles. The second-order valence-electron chi connectivity index (χ2n) is 10.2. The summed E-state index contributed by atoms with van der Waals surface area (Å²) in [6.45, 7) is 6.61. The van der Waals surface area contributed by atoms with Crippen molar-refractivity contribution in [2.24, 2.45) is 17.1 Å². The van der Waals surface area contributed by atoms with Crippen LogP contribution in [0, 0.1) is 11.3 Å². The van der Waals surface area contributed by atoms with Gasteiger partial charge in [0.2, 0.25) is 11.8 Å². The lowest BCUT2D eigenvalue weighted by Gasteiger charge is -2.41. The Morgan fingerprint density at radius 1 is 1.05 bits per heavy atom. The quantitative estimate of drug-likeness (QED) is 0.284. The predicted octanol–water partition coefficient (Wildman–Crippen LogP) is 3.88. The molecule has 4 N–H and O–H groups in total. The SMILES string of the molecule is CCCN(CCC)C(=O)C1=CC=CC(C(N)=O)([C@H](Cc2ccccc2)[C@@H](O)CNCCOc2ccccc2)C1. The highest BCUT2D eigenvalue weighted by Gasteiger charge is 2.47. The summed E-state index contributed by atoms with van der Waals surface area (Å²) in [7, 11) is 0. The Morgan fingerprint density at radius 3 is 2.31 bits per heavy atom. The van der Waals surface area contributed by atoms with Gasteiger partial charge in [-0.05, 0) is 43.4 Å². The molecule has 3 atom stereocenters. The molecule has 0 aliphatic heterocycles. The molecule has 7 nitrogen and oxygen atoms in total. The number of aliphatic hydroxyl groups excluding tert-OH is 1. The smallest absolute Gasteiger partial charge is 0.249 e. The minimum Gasteiger partial charge on any atom is -0.492 e. The summed E-state index contributed by atoms with van der Waals surface area (Å²) in [4.78, 5) is 28.5. The van der Waals surface area contributed by atoms with Crippen molar-refractivity contribution in [1.82, 2.24) is 10.2 Å². The molecule has 210 valence electrons. The molecule has 3 rings (SSSR count). The first kappa shape index (κ1) is 30.1. The summed E-state index contributed by atoms with van der Waals surface area (Å²) in [5, 5.41) is 14.8. The van der Waals surface area contributed by atoms with Crippen molar-refractivity contribution in [2.45, 2.75) is 45.6 Å². The fourth-order valence-electron chi connectivity index (χ4n) is 5.26. The molecule has 7 heteroatoms. The van der Waals surface area contributed by atoms with Gasteiger partial charge in [-0.2, -0.15) is 0 Å². The number of primary amides is 1. The molecule has 0 fully saturated rings. The summed E-state index contributed by atoms with van der Waals surface area (Å²) in [6, 6.07) is 19.3. The normalized spacial score (nSPS) is 18.2. The molecule has 2 aromatic rings. The van der Waals surface area contributed by atoms with Gasteiger partial charge in [-0.1, -0.05) is 80.6 Å². The van der Waals surface area contributed by atoms with E-state index in [0.29, 0.717) is 38.2 Å². The van der Waals surface area contributed by atoms with Crippen LogP contribution in [0.2, 0.25) is 0 Å². The van der Waals surface area contributed by atoms with Crippen molar-refractivity contribution in [2.75, 3.05) is 32.8 Å². The predicted molar refractivity (Wildman–Crippen MR) is 155 cm³/mol. The number of rotatable bonds is 16. The largest absolute Gasteiger partial charge is 0.492 e. The third-order valence-corrected chi connectivity index (χ3v) is 7.25. The topological polar surface area (TPSA) is 105 Å². The zero-order valence-electron chi connectivity index (χ0n) is 23.2. The number of hydrogen-bond donors (Lipinski definition) is 3. The molecule has 2 amide bonds. The summed E-state index contributed by atoms with van der Waals surface area (Å²) >= 11 is 0. The molecule has 0 spiro atoms. The van der Waals surface area contributed by atoms with E-state index in [0.717, 1.165) is 24.2 Å². The zero-order valence-corrected chi connectivity index (χ0v) is 23.2.